The maximum absolute atomic E-state index is 12.0. The van der Waals surface area contributed by atoms with Gasteiger partial charge in [0.05, 0.1) is 12.5 Å². The molecule has 1 aromatic rings. The summed E-state index contributed by atoms with van der Waals surface area (Å²) in [6, 6.07) is 6.99. The smallest absolute Gasteiger partial charge is 0.308 e. The van der Waals surface area contributed by atoms with Gasteiger partial charge < -0.3 is 5.11 Å². The summed E-state index contributed by atoms with van der Waals surface area (Å²) in [5.41, 5.74) is 3.71. The van der Waals surface area contributed by atoms with Crippen LogP contribution in [0.15, 0.2) is 24.3 Å². The fraction of sp³-hybridized carbons (Fsp3) is 0.308. The van der Waals surface area contributed by atoms with E-state index in [-0.39, 0.29) is 18.9 Å². The second-order valence-electron chi connectivity index (χ2n) is 4.50. The first-order chi connectivity index (χ1) is 8.99. The number of rotatable bonds is 3. The maximum Gasteiger partial charge on any atom is 0.308 e. The molecule has 6 nitrogen and oxygen atoms in total. The lowest BCUT2D eigenvalue weighted by Crippen LogP contribution is -2.43. The van der Waals surface area contributed by atoms with Gasteiger partial charge in [0.15, 0.2) is 0 Å². The number of carboxylic acids is 1. The first kappa shape index (κ1) is 13.1. The Morgan fingerprint density at radius 2 is 2.05 bits per heavy atom. The van der Waals surface area contributed by atoms with E-state index in [9.17, 15) is 14.4 Å². The molecule has 0 aliphatic carbocycles. The first-order valence-electron chi connectivity index (χ1n) is 5.89. The number of hydrazine groups is 1. The fourth-order valence-electron chi connectivity index (χ4n) is 1.99. The van der Waals surface area contributed by atoms with Gasteiger partial charge >= 0.3 is 5.97 Å². The first-order valence-corrected chi connectivity index (χ1v) is 5.89. The lowest BCUT2D eigenvalue weighted by Gasteiger charge is -2.17. The number of hydrogen-bond donors (Lipinski definition) is 2. The molecule has 0 saturated carbocycles. The number of carbonyl (C=O) groups is 3. The molecule has 2 amide bonds. The number of carbonyl (C=O) groups excluding carboxylic acids is 2. The van der Waals surface area contributed by atoms with Gasteiger partial charge in [-0.15, -0.1) is 0 Å². The normalized spacial score (nSPS) is 18.5. The third-order valence-electron chi connectivity index (χ3n) is 3.10. The average Bonchev–Trinajstić information content (AvgIpc) is 2.71. The van der Waals surface area contributed by atoms with E-state index in [1.165, 1.54) is 0 Å². The minimum atomic E-state index is -1.03. The third kappa shape index (κ3) is 2.73. The van der Waals surface area contributed by atoms with Crippen molar-refractivity contribution in [1.29, 1.82) is 0 Å². The molecule has 2 N–H and O–H groups in total. The van der Waals surface area contributed by atoms with Gasteiger partial charge in [0.2, 0.25) is 5.91 Å². The van der Waals surface area contributed by atoms with E-state index < -0.39 is 17.8 Å². The van der Waals surface area contributed by atoms with Gasteiger partial charge in [-0.05, 0) is 18.6 Å². The number of aliphatic carboxylic acids is 1. The van der Waals surface area contributed by atoms with Crippen LogP contribution in [0.4, 0.5) is 0 Å². The Morgan fingerprint density at radius 3 is 2.63 bits per heavy atom. The molecule has 2 rings (SSSR count). The highest BCUT2D eigenvalue weighted by molar-refractivity contribution is 5.97. The molecule has 1 unspecified atom stereocenters. The Labute approximate surface area is 110 Å². The second-order valence-corrected chi connectivity index (χ2v) is 4.50. The Bertz CT molecular complexity index is 541. The number of aryl methyl sites for hydroxylation is 1. The van der Waals surface area contributed by atoms with Crippen LogP contribution in [0.25, 0.3) is 0 Å². The highest BCUT2D eigenvalue weighted by Gasteiger charge is 2.35. The Morgan fingerprint density at radius 1 is 1.37 bits per heavy atom. The predicted octanol–water partition coefficient (Wildman–Crippen LogP) is 0.573. The molecule has 1 saturated heterocycles. The van der Waals surface area contributed by atoms with E-state index in [2.05, 4.69) is 5.43 Å². The summed E-state index contributed by atoms with van der Waals surface area (Å²) in [5, 5.41) is 9.93. The largest absolute Gasteiger partial charge is 0.481 e. The number of benzene rings is 1. The van der Waals surface area contributed by atoms with Crippen LogP contribution in [0.2, 0.25) is 0 Å². The molecule has 1 fully saturated rings. The number of nitrogens with zero attached hydrogens (tertiary/aromatic N) is 1. The van der Waals surface area contributed by atoms with Crippen molar-refractivity contribution in [3.63, 3.8) is 0 Å². The van der Waals surface area contributed by atoms with Crippen molar-refractivity contribution in [2.24, 2.45) is 5.92 Å². The molecule has 1 aliphatic heterocycles. The standard InChI is InChI=1S/C13H14N2O4/c1-8-4-2-3-5-10(8)12(17)14-15-7-9(13(18)19)6-11(15)16/h2-5,9H,6-7H2,1H3,(H,14,17)(H,18,19). The molecule has 0 spiro atoms. The van der Waals surface area contributed by atoms with E-state index in [4.69, 9.17) is 5.11 Å². The minimum Gasteiger partial charge on any atom is -0.481 e. The Balaban J connectivity index is 2.06. The van der Waals surface area contributed by atoms with Gasteiger partial charge in [0, 0.05) is 12.0 Å². The van der Waals surface area contributed by atoms with Crippen LogP contribution in [-0.2, 0) is 9.59 Å². The van der Waals surface area contributed by atoms with Crippen molar-refractivity contribution in [2.45, 2.75) is 13.3 Å². The van der Waals surface area contributed by atoms with Crippen LogP contribution in [0, 0.1) is 12.8 Å². The third-order valence-corrected chi connectivity index (χ3v) is 3.10. The highest BCUT2D eigenvalue weighted by atomic mass is 16.4. The Kier molecular flexibility index (Phi) is 3.50. The molecular formula is C13H14N2O4. The van der Waals surface area contributed by atoms with Gasteiger partial charge in [0.25, 0.3) is 5.91 Å². The van der Waals surface area contributed by atoms with Crippen molar-refractivity contribution in [1.82, 2.24) is 10.4 Å². The number of nitrogens with one attached hydrogen (secondary N) is 1. The molecular weight excluding hydrogens is 248 g/mol. The van der Waals surface area contributed by atoms with Crippen LogP contribution in [0.3, 0.4) is 0 Å². The lowest BCUT2D eigenvalue weighted by molar-refractivity contribution is -0.141. The van der Waals surface area contributed by atoms with Crippen LogP contribution >= 0.6 is 0 Å². The molecule has 100 valence electrons. The lowest BCUT2D eigenvalue weighted by atomic mass is 10.1. The molecule has 19 heavy (non-hydrogen) atoms. The molecule has 1 aromatic carbocycles. The molecule has 1 aliphatic rings. The zero-order valence-electron chi connectivity index (χ0n) is 10.4. The molecule has 0 bridgehead atoms. The zero-order chi connectivity index (χ0) is 14.0. The van der Waals surface area contributed by atoms with Gasteiger partial charge in [-0.3, -0.25) is 24.8 Å². The van der Waals surface area contributed by atoms with Crippen LogP contribution in [0.1, 0.15) is 22.3 Å². The van der Waals surface area contributed by atoms with Crippen molar-refractivity contribution in [2.75, 3.05) is 6.54 Å². The summed E-state index contributed by atoms with van der Waals surface area (Å²) in [7, 11) is 0. The number of amides is 2. The van der Waals surface area contributed by atoms with E-state index in [0.29, 0.717) is 5.56 Å². The molecule has 6 heteroatoms. The maximum atomic E-state index is 12.0. The molecule has 1 atom stereocenters. The topological polar surface area (TPSA) is 86.7 Å². The van der Waals surface area contributed by atoms with E-state index in [0.717, 1.165) is 10.6 Å². The van der Waals surface area contributed by atoms with E-state index >= 15 is 0 Å². The summed E-state index contributed by atoms with van der Waals surface area (Å²) < 4.78 is 0. The van der Waals surface area contributed by atoms with Crippen LogP contribution < -0.4 is 5.43 Å². The summed E-state index contributed by atoms with van der Waals surface area (Å²) in [6.07, 6.45) is -0.0800. The summed E-state index contributed by atoms with van der Waals surface area (Å²) in [4.78, 5) is 34.4. The second kappa shape index (κ2) is 5.09. The van der Waals surface area contributed by atoms with E-state index in [1.54, 1.807) is 25.1 Å². The van der Waals surface area contributed by atoms with Crippen molar-refractivity contribution >= 4 is 17.8 Å². The minimum absolute atomic E-state index is 0.00574. The van der Waals surface area contributed by atoms with Crippen LogP contribution in [0.5, 0.6) is 0 Å². The average molecular weight is 262 g/mol. The summed E-state index contributed by atoms with van der Waals surface area (Å²) >= 11 is 0. The fourth-order valence-corrected chi connectivity index (χ4v) is 1.99. The predicted molar refractivity (Wildman–Crippen MR) is 66.1 cm³/mol. The summed E-state index contributed by atoms with van der Waals surface area (Å²) in [5.74, 6) is -2.57. The quantitative estimate of drug-likeness (QED) is 0.834. The monoisotopic (exact) mass is 262 g/mol. The SMILES string of the molecule is Cc1ccccc1C(=O)NN1CC(C(=O)O)CC1=O. The Hall–Kier alpha value is -2.37. The van der Waals surface area contributed by atoms with Gasteiger partial charge in [0.1, 0.15) is 0 Å². The molecule has 0 radical (unpaired) electrons. The van der Waals surface area contributed by atoms with Crippen LogP contribution in [-0.4, -0.2) is 34.4 Å². The van der Waals surface area contributed by atoms with E-state index in [1.807, 2.05) is 6.07 Å². The van der Waals surface area contributed by atoms with Gasteiger partial charge in [-0.2, -0.15) is 0 Å². The zero-order valence-corrected chi connectivity index (χ0v) is 10.4. The van der Waals surface area contributed by atoms with Gasteiger partial charge in [-0.1, -0.05) is 18.2 Å². The van der Waals surface area contributed by atoms with Crippen molar-refractivity contribution < 1.29 is 19.5 Å². The number of hydrogen-bond acceptors (Lipinski definition) is 3. The van der Waals surface area contributed by atoms with Crippen molar-refractivity contribution in [3.8, 4) is 0 Å². The summed E-state index contributed by atoms with van der Waals surface area (Å²) in [6.45, 7) is 1.80. The van der Waals surface area contributed by atoms with Gasteiger partial charge in [-0.25, -0.2) is 0 Å². The highest BCUT2D eigenvalue weighted by Crippen LogP contribution is 2.16. The number of carboxylic acid groups (broad SMARTS) is 1. The molecule has 1 heterocycles. The van der Waals surface area contributed by atoms with Crippen molar-refractivity contribution in [3.05, 3.63) is 35.4 Å². The molecule has 0 aromatic heterocycles.